The monoisotopic (exact) mass is 340 g/mol. The van der Waals surface area contributed by atoms with Crippen molar-refractivity contribution < 1.29 is 4.42 Å². The van der Waals surface area contributed by atoms with E-state index in [1.807, 2.05) is 48.7 Å². The Labute approximate surface area is 152 Å². The number of hydrogen-bond acceptors (Lipinski definition) is 3. The molecule has 3 nitrogen and oxygen atoms in total. The summed E-state index contributed by atoms with van der Waals surface area (Å²) in [5.41, 5.74) is 4.27. The highest BCUT2D eigenvalue weighted by atomic mass is 16.3. The minimum Gasteiger partial charge on any atom is -0.456 e. The zero-order valence-electron chi connectivity index (χ0n) is 14.7. The van der Waals surface area contributed by atoms with Crippen LogP contribution in [0.2, 0.25) is 0 Å². The summed E-state index contributed by atoms with van der Waals surface area (Å²) in [7, 11) is 0. The van der Waals surface area contributed by atoms with Crippen LogP contribution in [-0.2, 0) is 13.0 Å². The molecule has 0 saturated carbocycles. The minimum atomic E-state index is 0.595. The molecule has 0 aliphatic carbocycles. The van der Waals surface area contributed by atoms with E-state index in [2.05, 4.69) is 36.2 Å². The first-order valence-electron chi connectivity index (χ1n) is 8.85. The molecule has 4 rings (SSSR count). The van der Waals surface area contributed by atoms with Gasteiger partial charge in [0.15, 0.2) is 0 Å². The second-order valence-electron chi connectivity index (χ2n) is 6.22. The van der Waals surface area contributed by atoms with Crippen LogP contribution >= 0.6 is 0 Å². The third kappa shape index (κ3) is 3.42. The van der Waals surface area contributed by atoms with Crippen molar-refractivity contribution in [3.63, 3.8) is 0 Å². The van der Waals surface area contributed by atoms with Gasteiger partial charge in [-0.1, -0.05) is 49.4 Å². The summed E-state index contributed by atoms with van der Waals surface area (Å²) in [5.74, 6) is 0.826. The zero-order chi connectivity index (χ0) is 17.8. The van der Waals surface area contributed by atoms with Crippen LogP contribution in [0.3, 0.4) is 0 Å². The summed E-state index contributed by atoms with van der Waals surface area (Å²) < 4.78 is 6.17. The lowest BCUT2D eigenvalue weighted by Gasteiger charge is -2.06. The summed E-state index contributed by atoms with van der Waals surface area (Å²) in [6.45, 7) is 2.75. The maximum atomic E-state index is 6.17. The number of aryl methyl sites for hydroxylation is 1. The van der Waals surface area contributed by atoms with Crippen LogP contribution in [0.15, 0.2) is 88.5 Å². The maximum absolute atomic E-state index is 6.17. The first kappa shape index (κ1) is 16.3. The van der Waals surface area contributed by atoms with E-state index in [9.17, 15) is 0 Å². The third-order valence-corrected chi connectivity index (χ3v) is 4.43. The van der Waals surface area contributed by atoms with Crippen LogP contribution in [0, 0.1) is 0 Å². The normalized spacial score (nSPS) is 11.8. The van der Waals surface area contributed by atoms with E-state index in [4.69, 9.17) is 9.41 Å². The van der Waals surface area contributed by atoms with Gasteiger partial charge in [0.1, 0.15) is 11.3 Å². The largest absolute Gasteiger partial charge is 0.456 e. The number of hydrogen-bond donors (Lipinski definition) is 0. The molecule has 0 amide bonds. The molecule has 0 aliphatic heterocycles. The lowest BCUT2D eigenvalue weighted by atomic mass is 10.1. The van der Waals surface area contributed by atoms with Crippen molar-refractivity contribution in [1.82, 2.24) is 4.98 Å². The van der Waals surface area contributed by atoms with Crippen LogP contribution in [0.5, 0.6) is 0 Å². The van der Waals surface area contributed by atoms with Crippen LogP contribution in [0.4, 0.5) is 0 Å². The SMILES string of the molecule is CCc1ccc2oc(-c3ccccc3)cc(=NCc3cccnc3)c2c1. The third-order valence-electron chi connectivity index (χ3n) is 4.43. The first-order chi connectivity index (χ1) is 12.8. The van der Waals surface area contributed by atoms with Crippen molar-refractivity contribution in [1.29, 1.82) is 0 Å². The summed E-state index contributed by atoms with van der Waals surface area (Å²) in [4.78, 5) is 9.04. The van der Waals surface area contributed by atoms with E-state index in [1.165, 1.54) is 5.56 Å². The highest BCUT2D eigenvalue weighted by molar-refractivity contribution is 5.79. The first-order valence-corrected chi connectivity index (χ1v) is 8.85. The highest BCUT2D eigenvalue weighted by Crippen LogP contribution is 2.22. The van der Waals surface area contributed by atoms with Crippen molar-refractivity contribution in [3.05, 3.63) is 95.6 Å². The molecule has 0 radical (unpaired) electrons. The summed E-state index contributed by atoms with van der Waals surface area (Å²) >= 11 is 0. The van der Waals surface area contributed by atoms with Crippen LogP contribution in [0.25, 0.3) is 22.3 Å². The Hall–Kier alpha value is -3.20. The predicted octanol–water partition coefficient (Wildman–Crippen LogP) is 5.16. The lowest BCUT2D eigenvalue weighted by molar-refractivity contribution is 0.617. The van der Waals surface area contributed by atoms with Gasteiger partial charge in [-0.2, -0.15) is 0 Å². The van der Waals surface area contributed by atoms with Crippen LogP contribution in [-0.4, -0.2) is 4.98 Å². The predicted molar refractivity (Wildman–Crippen MR) is 105 cm³/mol. The fourth-order valence-electron chi connectivity index (χ4n) is 2.98. The molecule has 128 valence electrons. The number of nitrogens with zero attached hydrogens (tertiary/aromatic N) is 2. The van der Waals surface area contributed by atoms with Crippen molar-refractivity contribution in [2.24, 2.45) is 4.99 Å². The van der Waals surface area contributed by atoms with Crippen molar-refractivity contribution in [2.75, 3.05) is 0 Å². The zero-order valence-corrected chi connectivity index (χ0v) is 14.7. The number of rotatable bonds is 4. The number of fused-ring (bicyclic) bond motifs is 1. The number of pyridine rings is 1. The highest BCUT2D eigenvalue weighted by Gasteiger charge is 2.06. The quantitative estimate of drug-likeness (QED) is 0.515. The van der Waals surface area contributed by atoms with Gasteiger partial charge in [-0.3, -0.25) is 9.98 Å². The van der Waals surface area contributed by atoms with E-state index in [0.717, 1.165) is 39.6 Å². The lowest BCUT2D eigenvalue weighted by Crippen LogP contribution is -2.05. The molecule has 2 aromatic carbocycles. The molecule has 3 heteroatoms. The molecule has 2 aromatic heterocycles. The van der Waals surface area contributed by atoms with Gasteiger partial charge >= 0.3 is 0 Å². The summed E-state index contributed by atoms with van der Waals surface area (Å²) in [5, 5.41) is 2.00. The van der Waals surface area contributed by atoms with Gasteiger partial charge in [0, 0.05) is 29.4 Å². The molecule has 0 atom stereocenters. The fourth-order valence-corrected chi connectivity index (χ4v) is 2.98. The minimum absolute atomic E-state index is 0.595. The van der Waals surface area contributed by atoms with E-state index in [-0.39, 0.29) is 0 Å². The van der Waals surface area contributed by atoms with Gasteiger partial charge in [0.05, 0.1) is 11.9 Å². The van der Waals surface area contributed by atoms with Gasteiger partial charge < -0.3 is 4.42 Å². The molecule has 4 aromatic rings. The van der Waals surface area contributed by atoms with Gasteiger partial charge in [0.25, 0.3) is 0 Å². The molecule has 0 N–H and O–H groups in total. The Kier molecular flexibility index (Phi) is 4.61. The molecule has 0 fully saturated rings. The fraction of sp³-hybridized carbons (Fsp3) is 0.130. The molecule has 0 aliphatic rings. The average molecular weight is 340 g/mol. The van der Waals surface area contributed by atoms with E-state index < -0.39 is 0 Å². The van der Waals surface area contributed by atoms with Gasteiger partial charge in [-0.05, 0) is 35.7 Å². The maximum Gasteiger partial charge on any atom is 0.136 e. The Balaban J connectivity index is 1.89. The van der Waals surface area contributed by atoms with Crippen molar-refractivity contribution >= 4 is 11.0 Å². The molecule has 0 unspecified atom stereocenters. The van der Waals surface area contributed by atoms with Crippen LogP contribution < -0.4 is 5.36 Å². The Morgan fingerprint density at radius 2 is 1.81 bits per heavy atom. The van der Waals surface area contributed by atoms with Gasteiger partial charge in [0.2, 0.25) is 0 Å². The topological polar surface area (TPSA) is 38.4 Å². The van der Waals surface area contributed by atoms with Crippen molar-refractivity contribution in [3.8, 4) is 11.3 Å². The number of aromatic nitrogens is 1. The molecule has 26 heavy (non-hydrogen) atoms. The molecular weight excluding hydrogens is 320 g/mol. The Morgan fingerprint density at radius 1 is 0.923 bits per heavy atom. The Morgan fingerprint density at radius 3 is 2.58 bits per heavy atom. The van der Waals surface area contributed by atoms with E-state index >= 15 is 0 Å². The van der Waals surface area contributed by atoms with Gasteiger partial charge in [-0.15, -0.1) is 0 Å². The number of benzene rings is 2. The molecule has 0 bridgehead atoms. The molecule has 0 saturated heterocycles. The average Bonchev–Trinajstić information content (AvgIpc) is 2.73. The molecular formula is C23H20N2O. The van der Waals surface area contributed by atoms with E-state index in [1.54, 1.807) is 6.20 Å². The molecule has 2 heterocycles. The smallest absolute Gasteiger partial charge is 0.136 e. The van der Waals surface area contributed by atoms with Crippen molar-refractivity contribution in [2.45, 2.75) is 19.9 Å². The Bertz CT molecular complexity index is 1080. The second kappa shape index (κ2) is 7.36. The second-order valence-corrected chi connectivity index (χ2v) is 6.22. The van der Waals surface area contributed by atoms with Crippen LogP contribution in [0.1, 0.15) is 18.1 Å². The van der Waals surface area contributed by atoms with E-state index in [0.29, 0.717) is 6.54 Å². The summed E-state index contributed by atoms with van der Waals surface area (Å²) in [6.07, 6.45) is 4.62. The standard InChI is InChI=1S/C23H20N2O/c1-2-17-10-11-22-20(13-17)21(25-16-18-7-6-12-24-15-18)14-23(26-22)19-8-4-3-5-9-19/h3-15H,2,16H2,1H3. The summed E-state index contributed by atoms with van der Waals surface area (Å²) in [6, 6.07) is 22.5. The molecule has 0 spiro atoms. The van der Waals surface area contributed by atoms with Gasteiger partial charge in [-0.25, -0.2) is 0 Å².